The Morgan fingerprint density at radius 3 is 2.76 bits per heavy atom. The molecule has 0 aliphatic heterocycles. The van der Waals surface area contributed by atoms with E-state index in [4.69, 9.17) is 5.73 Å². The van der Waals surface area contributed by atoms with Gasteiger partial charge in [-0.2, -0.15) is 10.1 Å². The molecule has 0 unspecified atom stereocenters. The highest BCUT2D eigenvalue weighted by molar-refractivity contribution is 5.85. The molecule has 0 spiro atoms. The van der Waals surface area contributed by atoms with Crippen LogP contribution in [0.4, 0.5) is 5.95 Å². The second kappa shape index (κ2) is 5.53. The Labute approximate surface area is 126 Å². The second-order valence-electron chi connectivity index (χ2n) is 4.48. The van der Waals surface area contributed by atoms with Gasteiger partial charge in [0.2, 0.25) is 5.95 Å². The van der Waals surface area contributed by atoms with Crippen molar-refractivity contribution in [2.24, 2.45) is 0 Å². The lowest BCUT2D eigenvalue weighted by Gasteiger charge is -2.11. The molecule has 3 aromatic heterocycles. The molecule has 0 radical (unpaired) electrons. The minimum atomic E-state index is -0.123. The fourth-order valence-electron chi connectivity index (χ4n) is 2.30. The number of nitrogens with two attached hydrogens (primary N) is 1. The number of hydrogen-bond donors (Lipinski definition) is 2. The molecule has 3 rings (SSSR count). The minimum Gasteiger partial charge on any atom is -0.368 e. The molecule has 0 aromatic carbocycles. The van der Waals surface area contributed by atoms with Crippen molar-refractivity contribution in [2.75, 3.05) is 5.73 Å². The summed E-state index contributed by atoms with van der Waals surface area (Å²) >= 11 is 0. The van der Waals surface area contributed by atoms with Crippen LogP contribution in [0, 0.1) is 6.92 Å². The molecule has 7 nitrogen and oxygen atoms in total. The zero-order valence-electron chi connectivity index (χ0n) is 11.6. The van der Waals surface area contributed by atoms with E-state index in [9.17, 15) is 4.79 Å². The molecule has 8 heteroatoms. The van der Waals surface area contributed by atoms with Crippen LogP contribution in [0.3, 0.4) is 0 Å². The Balaban J connectivity index is 0.00000161. The van der Waals surface area contributed by atoms with Crippen LogP contribution in [0.25, 0.3) is 22.3 Å². The SMILES string of the molecule is CCn1c(=O)c(-c2ccn[nH]2)cc2c(C)nc(N)nc21.Cl. The number of anilines is 1. The molecule has 0 amide bonds. The number of aryl methyl sites for hydroxylation is 2. The number of nitrogen functional groups attached to an aromatic ring is 1. The fraction of sp³-hybridized carbons (Fsp3) is 0.231. The first-order chi connectivity index (χ1) is 9.61. The van der Waals surface area contributed by atoms with E-state index in [1.165, 1.54) is 0 Å². The molecule has 0 aliphatic carbocycles. The molecule has 0 saturated heterocycles. The smallest absolute Gasteiger partial charge is 0.261 e. The molecule has 0 saturated carbocycles. The third-order valence-corrected chi connectivity index (χ3v) is 3.26. The van der Waals surface area contributed by atoms with Crippen molar-refractivity contribution in [1.82, 2.24) is 24.7 Å². The summed E-state index contributed by atoms with van der Waals surface area (Å²) < 4.78 is 1.59. The maximum absolute atomic E-state index is 12.5. The lowest BCUT2D eigenvalue weighted by atomic mass is 10.1. The molecular formula is C13H15ClN6O. The van der Waals surface area contributed by atoms with Gasteiger partial charge >= 0.3 is 0 Å². The summed E-state index contributed by atoms with van der Waals surface area (Å²) in [6.07, 6.45) is 1.61. The first-order valence-electron chi connectivity index (χ1n) is 6.29. The molecular weight excluding hydrogens is 292 g/mol. The summed E-state index contributed by atoms with van der Waals surface area (Å²) in [6, 6.07) is 3.54. The van der Waals surface area contributed by atoms with Crippen LogP contribution in [-0.4, -0.2) is 24.7 Å². The zero-order chi connectivity index (χ0) is 14.3. The van der Waals surface area contributed by atoms with Crippen molar-refractivity contribution in [3.63, 3.8) is 0 Å². The number of nitrogens with one attached hydrogen (secondary N) is 1. The van der Waals surface area contributed by atoms with Crippen molar-refractivity contribution < 1.29 is 0 Å². The molecule has 3 heterocycles. The summed E-state index contributed by atoms with van der Waals surface area (Å²) in [6.45, 7) is 4.25. The Kier molecular flexibility index (Phi) is 3.95. The summed E-state index contributed by atoms with van der Waals surface area (Å²) in [4.78, 5) is 20.9. The van der Waals surface area contributed by atoms with Gasteiger partial charge in [-0.15, -0.1) is 12.4 Å². The number of aromatic nitrogens is 5. The summed E-state index contributed by atoms with van der Waals surface area (Å²) in [5.41, 5.74) is 8.09. The maximum atomic E-state index is 12.5. The molecule has 0 atom stereocenters. The van der Waals surface area contributed by atoms with E-state index in [0.717, 1.165) is 11.1 Å². The van der Waals surface area contributed by atoms with Crippen LogP contribution in [-0.2, 0) is 6.54 Å². The average molecular weight is 307 g/mol. The predicted molar refractivity (Wildman–Crippen MR) is 83.5 cm³/mol. The largest absolute Gasteiger partial charge is 0.368 e. The summed E-state index contributed by atoms with van der Waals surface area (Å²) in [5, 5.41) is 7.51. The molecule has 0 bridgehead atoms. The van der Waals surface area contributed by atoms with Crippen LogP contribution in [0.2, 0.25) is 0 Å². The monoisotopic (exact) mass is 306 g/mol. The van der Waals surface area contributed by atoms with Crippen molar-refractivity contribution in [3.8, 4) is 11.3 Å². The van der Waals surface area contributed by atoms with Crippen LogP contribution in [0.1, 0.15) is 12.6 Å². The van der Waals surface area contributed by atoms with Crippen molar-refractivity contribution in [1.29, 1.82) is 0 Å². The third-order valence-electron chi connectivity index (χ3n) is 3.26. The number of nitrogens with zero attached hydrogens (tertiary/aromatic N) is 4. The molecule has 3 aromatic rings. The molecule has 3 N–H and O–H groups in total. The second-order valence-corrected chi connectivity index (χ2v) is 4.48. The number of fused-ring (bicyclic) bond motifs is 1. The molecule has 21 heavy (non-hydrogen) atoms. The van der Waals surface area contributed by atoms with Gasteiger partial charge in [0.05, 0.1) is 17.0 Å². The standard InChI is InChI=1S/C13H14N6O.ClH/c1-3-19-11-8(7(2)16-13(14)17-11)6-9(12(19)20)10-4-5-15-18-10;/h4-6H,3H2,1-2H3,(H,15,18)(H2,14,16,17);1H. The number of aromatic amines is 1. The molecule has 0 aliphatic rings. The Hall–Kier alpha value is -2.41. The van der Waals surface area contributed by atoms with E-state index in [-0.39, 0.29) is 23.9 Å². The van der Waals surface area contributed by atoms with Crippen LogP contribution in [0.5, 0.6) is 0 Å². The predicted octanol–water partition coefficient (Wildman–Crippen LogP) is 1.51. The average Bonchev–Trinajstić information content (AvgIpc) is 2.92. The van der Waals surface area contributed by atoms with Gasteiger partial charge in [0, 0.05) is 18.1 Å². The van der Waals surface area contributed by atoms with Crippen LogP contribution < -0.4 is 11.3 Å². The Bertz CT molecular complexity index is 840. The van der Waals surface area contributed by atoms with Gasteiger partial charge < -0.3 is 5.73 Å². The quantitative estimate of drug-likeness (QED) is 0.747. The number of rotatable bonds is 2. The van der Waals surface area contributed by atoms with E-state index >= 15 is 0 Å². The minimum absolute atomic E-state index is 0. The first kappa shape index (κ1) is 15.0. The summed E-state index contributed by atoms with van der Waals surface area (Å²) in [5.74, 6) is 0.172. The zero-order valence-corrected chi connectivity index (χ0v) is 12.4. The number of pyridine rings is 1. The van der Waals surface area contributed by atoms with E-state index in [1.807, 2.05) is 13.8 Å². The number of H-pyrrole nitrogens is 1. The Morgan fingerprint density at radius 1 is 1.38 bits per heavy atom. The fourth-order valence-corrected chi connectivity index (χ4v) is 2.30. The van der Waals surface area contributed by atoms with Gasteiger partial charge in [-0.05, 0) is 26.0 Å². The highest BCUT2D eigenvalue weighted by atomic mass is 35.5. The first-order valence-corrected chi connectivity index (χ1v) is 6.29. The van der Waals surface area contributed by atoms with Gasteiger partial charge in [-0.1, -0.05) is 0 Å². The lowest BCUT2D eigenvalue weighted by molar-refractivity contribution is 0.749. The topological polar surface area (TPSA) is 102 Å². The van der Waals surface area contributed by atoms with Crippen LogP contribution >= 0.6 is 12.4 Å². The number of hydrogen-bond acceptors (Lipinski definition) is 5. The van der Waals surface area contributed by atoms with E-state index in [1.54, 1.807) is 22.9 Å². The highest BCUT2D eigenvalue weighted by Crippen LogP contribution is 2.20. The van der Waals surface area contributed by atoms with E-state index in [0.29, 0.717) is 23.4 Å². The van der Waals surface area contributed by atoms with E-state index in [2.05, 4.69) is 20.2 Å². The van der Waals surface area contributed by atoms with Gasteiger partial charge in [0.25, 0.3) is 5.56 Å². The normalized spacial score (nSPS) is 10.6. The van der Waals surface area contributed by atoms with Crippen molar-refractivity contribution in [2.45, 2.75) is 20.4 Å². The Morgan fingerprint density at radius 2 is 2.14 bits per heavy atom. The maximum Gasteiger partial charge on any atom is 0.261 e. The van der Waals surface area contributed by atoms with Crippen LogP contribution in [0.15, 0.2) is 23.1 Å². The number of halogens is 1. The van der Waals surface area contributed by atoms with Crippen molar-refractivity contribution >= 4 is 29.4 Å². The van der Waals surface area contributed by atoms with Gasteiger partial charge in [0.1, 0.15) is 5.65 Å². The molecule has 110 valence electrons. The molecule has 0 fully saturated rings. The van der Waals surface area contributed by atoms with Gasteiger partial charge in [0.15, 0.2) is 0 Å². The summed E-state index contributed by atoms with van der Waals surface area (Å²) in [7, 11) is 0. The third kappa shape index (κ3) is 2.36. The highest BCUT2D eigenvalue weighted by Gasteiger charge is 2.14. The van der Waals surface area contributed by atoms with Crippen molar-refractivity contribution in [3.05, 3.63) is 34.4 Å². The lowest BCUT2D eigenvalue weighted by Crippen LogP contribution is -2.23. The van der Waals surface area contributed by atoms with Gasteiger partial charge in [-0.3, -0.25) is 14.5 Å². The van der Waals surface area contributed by atoms with E-state index < -0.39 is 0 Å². The van der Waals surface area contributed by atoms with Gasteiger partial charge in [-0.25, -0.2) is 4.98 Å².